The summed E-state index contributed by atoms with van der Waals surface area (Å²) < 4.78 is 50.0. The second kappa shape index (κ2) is 10.5. The number of rotatable bonds is 7. The fraction of sp³-hybridized carbons (Fsp3) is 0.0417. The molecule has 0 aliphatic carbocycles. The average Bonchev–Trinajstić information content (AvgIpc) is 3.35. The first-order chi connectivity index (χ1) is 17.6. The Bertz CT molecular complexity index is 1500. The van der Waals surface area contributed by atoms with Crippen LogP contribution in [0.5, 0.6) is 11.5 Å². The highest BCUT2D eigenvalue weighted by Crippen LogP contribution is 2.36. The summed E-state index contributed by atoms with van der Waals surface area (Å²) in [5.41, 5.74) is 4.83. The number of nitrogens with zero attached hydrogens (tertiary/aromatic N) is 3. The molecule has 37 heavy (non-hydrogen) atoms. The first-order valence-corrected chi connectivity index (χ1v) is 10.7. The molecule has 0 aliphatic heterocycles. The van der Waals surface area contributed by atoms with E-state index < -0.39 is 28.6 Å². The molecule has 13 heteroatoms. The number of primary amides is 1. The quantitative estimate of drug-likeness (QED) is 0.308. The maximum atomic E-state index is 13.0. The van der Waals surface area contributed by atoms with Crippen LogP contribution in [0.25, 0.3) is 17.7 Å². The Morgan fingerprint density at radius 1 is 1.05 bits per heavy atom. The summed E-state index contributed by atoms with van der Waals surface area (Å²) >= 11 is 5.59. The number of carbonyl (C=O) groups excluding carboxylic acids is 2. The van der Waals surface area contributed by atoms with Crippen LogP contribution in [0.15, 0.2) is 71.3 Å². The first-order valence-electron chi connectivity index (χ1n) is 10.3. The average molecular weight is 530 g/mol. The fourth-order valence-electron chi connectivity index (χ4n) is 3.01. The normalized spacial score (nSPS) is 11.5. The highest BCUT2D eigenvalue weighted by Gasteiger charge is 2.33. The predicted octanol–water partition coefficient (Wildman–Crippen LogP) is 5.35. The van der Waals surface area contributed by atoms with Crippen LogP contribution in [-0.2, 0) is 11.0 Å². The minimum absolute atomic E-state index is 0.0232. The Labute approximate surface area is 211 Å². The van der Waals surface area contributed by atoms with E-state index in [1.807, 2.05) is 0 Å². The molecule has 3 N–H and O–H groups in total. The number of hydrogen-bond donors (Lipinski definition) is 2. The molecule has 2 amide bonds. The highest BCUT2D eigenvalue weighted by molar-refractivity contribution is 6.31. The van der Waals surface area contributed by atoms with Gasteiger partial charge in [-0.15, -0.1) is 10.2 Å². The zero-order valence-corrected chi connectivity index (χ0v) is 19.2. The lowest BCUT2D eigenvalue weighted by Crippen LogP contribution is -2.11. The third-order valence-electron chi connectivity index (χ3n) is 4.65. The molecule has 0 saturated carbocycles. The molecule has 2 heterocycles. The third-order valence-corrected chi connectivity index (χ3v) is 4.98. The van der Waals surface area contributed by atoms with Crippen molar-refractivity contribution in [2.75, 3.05) is 5.32 Å². The maximum Gasteiger partial charge on any atom is 0.417 e. The van der Waals surface area contributed by atoms with Gasteiger partial charge in [0.2, 0.25) is 5.91 Å². The molecule has 0 unspecified atom stereocenters. The molecule has 4 rings (SSSR count). The van der Waals surface area contributed by atoms with Gasteiger partial charge >= 0.3 is 18.0 Å². The summed E-state index contributed by atoms with van der Waals surface area (Å²) in [6, 6.07) is 12.8. The predicted molar refractivity (Wildman–Crippen MR) is 127 cm³/mol. The zero-order valence-electron chi connectivity index (χ0n) is 18.5. The molecular weight excluding hydrogens is 515 g/mol. The summed E-state index contributed by atoms with van der Waals surface area (Å²) in [5, 5.41) is 9.15. The van der Waals surface area contributed by atoms with Crippen molar-refractivity contribution in [3.05, 3.63) is 88.9 Å². The number of aromatic nitrogens is 3. The smallest absolute Gasteiger partial charge is 0.417 e. The fourth-order valence-corrected chi connectivity index (χ4v) is 3.24. The number of halogens is 4. The molecule has 9 nitrogen and oxygen atoms in total. The molecule has 0 radical (unpaired) electrons. The van der Waals surface area contributed by atoms with Gasteiger partial charge in [0, 0.05) is 24.0 Å². The summed E-state index contributed by atoms with van der Waals surface area (Å²) in [6.45, 7) is 0. The van der Waals surface area contributed by atoms with Crippen LogP contribution in [0.1, 0.15) is 21.8 Å². The van der Waals surface area contributed by atoms with Gasteiger partial charge in [-0.1, -0.05) is 23.7 Å². The number of pyridine rings is 1. The molecule has 0 spiro atoms. The largest absolute Gasteiger partial charge is 0.457 e. The minimum Gasteiger partial charge on any atom is -0.457 e. The van der Waals surface area contributed by atoms with Gasteiger partial charge in [-0.05, 0) is 48.0 Å². The van der Waals surface area contributed by atoms with Crippen molar-refractivity contribution in [1.82, 2.24) is 15.2 Å². The van der Waals surface area contributed by atoms with Gasteiger partial charge in [-0.25, -0.2) is 0 Å². The maximum absolute atomic E-state index is 13.0. The van der Waals surface area contributed by atoms with Gasteiger partial charge in [0.15, 0.2) is 0 Å². The summed E-state index contributed by atoms with van der Waals surface area (Å²) in [7, 11) is 0. The molecular formula is C24H15ClF3N5O4. The number of ether oxygens (including phenoxy) is 1. The Hall–Kier alpha value is -4.71. The number of nitrogens with two attached hydrogens (primary N) is 1. The number of hydrogen-bond acceptors (Lipinski definition) is 7. The van der Waals surface area contributed by atoms with Crippen molar-refractivity contribution < 1.29 is 31.9 Å². The second-order valence-electron chi connectivity index (χ2n) is 7.34. The lowest BCUT2D eigenvalue weighted by Gasteiger charge is -2.11. The monoisotopic (exact) mass is 529 g/mol. The molecule has 4 aromatic rings. The summed E-state index contributed by atoms with van der Waals surface area (Å²) in [6.07, 6.45) is -0.586. The number of carbonyl (C=O) groups is 2. The Balaban J connectivity index is 1.43. The summed E-state index contributed by atoms with van der Waals surface area (Å²) in [5.74, 6) is -1.12. The number of nitrogens with one attached hydrogen (secondary N) is 1. The van der Waals surface area contributed by atoms with Crippen LogP contribution in [0.4, 0.5) is 18.9 Å². The van der Waals surface area contributed by atoms with E-state index in [0.29, 0.717) is 17.1 Å². The van der Waals surface area contributed by atoms with Crippen LogP contribution >= 0.6 is 11.6 Å². The van der Waals surface area contributed by atoms with Crippen LogP contribution in [-0.4, -0.2) is 27.0 Å². The van der Waals surface area contributed by atoms with Crippen molar-refractivity contribution in [3.63, 3.8) is 0 Å². The van der Waals surface area contributed by atoms with E-state index in [2.05, 4.69) is 20.5 Å². The van der Waals surface area contributed by atoms with Crippen molar-refractivity contribution >= 4 is 35.2 Å². The van der Waals surface area contributed by atoms with Gasteiger partial charge in [-0.2, -0.15) is 13.2 Å². The number of benzene rings is 2. The molecule has 0 aliphatic rings. The van der Waals surface area contributed by atoms with Crippen LogP contribution < -0.4 is 15.8 Å². The Kier molecular flexibility index (Phi) is 7.20. The molecule has 2 aromatic heterocycles. The molecule has 0 bridgehead atoms. The Morgan fingerprint density at radius 2 is 1.84 bits per heavy atom. The molecule has 0 atom stereocenters. The standard InChI is InChI=1S/C24H15ClF3N5O4/c25-18-6-5-14(11-17(18)24(26,27)28)31-20(34)7-4-13-2-1-3-15(10-13)36-16-8-9-30-19(12-16)22-32-33-23(37-22)21(29)35/h1-12H,(H2,29,35)(H,31,34)/b7-4+. The number of amides is 2. The van der Waals surface area contributed by atoms with Gasteiger partial charge < -0.3 is 20.2 Å². The van der Waals surface area contributed by atoms with Crippen molar-refractivity contribution in [2.24, 2.45) is 5.73 Å². The lowest BCUT2D eigenvalue weighted by molar-refractivity contribution is -0.137. The summed E-state index contributed by atoms with van der Waals surface area (Å²) in [4.78, 5) is 27.5. The van der Waals surface area contributed by atoms with E-state index in [1.165, 1.54) is 24.4 Å². The molecule has 2 aromatic carbocycles. The van der Waals surface area contributed by atoms with Gasteiger partial charge in [0.1, 0.15) is 17.2 Å². The topological polar surface area (TPSA) is 133 Å². The van der Waals surface area contributed by atoms with Gasteiger partial charge in [0.25, 0.3) is 5.89 Å². The van der Waals surface area contributed by atoms with Crippen molar-refractivity contribution in [2.45, 2.75) is 6.18 Å². The third kappa shape index (κ3) is 6.49. The first kappa shape index (κ1) is 25.4. The zero-order chi connectivity index (χ0) is 26.6. The molecule has 0 saturated heterocycles. The van der Waals surface area contributed by atoms with E-state index in [9.17, 15) is 22.8 Å². The van der Waals surface area contributed by atoms with E-state index in [0.717, 1.165) is 18.2 Å². The Morgan fingerprint density at radius 3 is 2.57 bits per heavy atom. The minimum atomic E-state index is -4.65. The SMILES string of the molecule is NC(=O)c1nnc(-c2cc(Oc3cccc(/C=C/C(=O)Nc4ccc(Cl)c(C(F)(F)F)c4)c3)ccn2)o1. The number of anilines is 1. The molecule has 188 valence electrons. The second-order valence-corrected chi connectivity index (χ2v) is 7.75. The van der Waals surface area contributed by atoms with Gasteiger partial charge in [-0.3, -0.25) is 14.6 Å². The van der Waals surface area contributed by atoms with E-state index >= 15 is 0 Å². The van der Waals surface area contributed by atoms with Crippen LogP contribution in [0, 0.1) is 0 Å². The van der Waals surface area contributed by atoms with E-state index in [4.69, 9.17) is 26.5 Å². The van der Waals surface area contributed by atoms with E-state index in [1.54, 1.807) is 30.3 Å². The van der Waals surface area contributed by atoms with Crippen molar-refractivity contribution in [1.29, 1.82) is 0 Å². The number of alkyl halides is 3. The van der Waals surface area contributed by atoms with Gasteiger partial charge in [0.05, 0.1) is 10.6 Å². The van der Waals surface area contributed by atoms with Crippen molar-refractivity contribution in [3.8, 4) is 23.1 Å². The van der Waals surface area contributed by atoms with E-state index in [-0.39, 0.29) is 23.2 Å². The highest BCUT2D eigenvalue weighted by atomic mass is 35.5. The van der Waals surface area contributed by atoms with Crippen LogP contribution in [0.3, 0.4) is 0 Å². The molecule has 0 fully saturated rings. The lowest BCUT2D eigenvalue weighted by atomic mass is 10.2. The van der Waals surface area contributed by atoms with Crippen LogP contribution in [0.2, 0.25) is 5.02 Å².